The molecule has 5 heteroatoms. The van der Waals surface area contributed by atoms with Gasteiger partial charge in [-0.2, -0.15) is 0 Å². The van der Waals surface area contributed by atoms with E-state index in [1.54, 1.807) is 0 Å². The summed E-state index contributed by atoms with van der Waals surface area (Å²) < 4.78 is 0. The van der Waals surface area contributed by atoms with Gasteiger partial charge in [0.05, 0.1) is 8.07 Å². The van der Waals surface area contributed by atoms with Crippen molar-refractivity contribution >= 4 is 26.0 Å². The number of hydrogen-bond donors (Lipinski definition) is 1. The molecular formula is C24H33ClN2OSi. The van der Waals surface area contributed by atoms with Gasteiger partial charge < -0.3 is 5.32 Å². The second kappa shape index (κ2) is 8.71. The van der Waals surface area contributed by atoms with Crippen molar-refractivity contribution in [3.8, 4) is 0 Å². The first-order valence-electron chi connectivity index (χ1n) is 10.5. The SMILES string of the molecule is CC(C)(C)[Si](C)(C)[C@H](c1ccc(Cl)nc1)[C@H]1CC[C@@H](Cc2ccc(C=O)cc2)N1. The molecule has 1 N–H and O–H groups in total. The van der Waals surface area contributed by atoms with Gasteiger partial charge in [-0.1, -0.05) is 75.8 Å². The number of carbonyl (C=O) groups excluding carboxylic acids is 1. The number of nitrogens with zero attached hydrogens (tertiary/aromatic N) is 1. The van der Waals surface area contributed by atoms with Gasteiger partial charge in [-0.3, -0.25) is 4.79 Å². The maximum absolute atomic E-state index is 10.9. The number of halogens is 1. The van der Waals surface area contributed by atoms with Crippen molar-refractivity contribution in [2.24, 2.45) is 0 Å². The Labute approximate surface area is 181 Å². The van der Waals surface area contributed by atoms with Gasteiger partial charge in [0, 0.05) is 23.8 Å². The molecule has 0 radical (unpaired) electrons. The number of benzene rings is 1. The van der Waals surface area contributed by atoms with E-state index < -0.39 is 8.07 Å². The normalized spacial score (nSPS) is 21.2. The van der Waals surface area contributed by atoms with Crippen LogP contribution in [0.4, 0.5) is 0 Å². The molecular weight excluding hydrogens is 396 g/mol. The van der Waals surface area contributed by atoms with Gasteiger partial charge in [0.1, 0.15) is 11.4 Å². The first-order chi connectivity index (χ1) is 13.6. The van der Waals surface area contributed by atoms with Crippen molar-refractivity contribution in [3.05, 3.63) is 64.4 Å². The van der Waals surface area contributed by atoms with Crippen LogP contribution in [0.2, 0.25) is 23.3 Å². The third-order valence-corrected chi connectivity index (χ3v) is 13.5. The summed E-state index contributed by atoms with van der Waals surface area (Å²) in [6, 6.07) is 13.0. The number of hydrogen-bond acceptors (Lipinski definition) is 3. The van der Waals surface area contributed by atoms with Crippen molar-refractivity contribution in [3.63, 3.8) is 0 Å². The summed E-state index contributed by atoms with van der Waals surface area (Å²) >= 11 is 6.08. The highest BCUT2D eigenvalue weighted by Gasteiger charge is 2.47. The van der Waals surface area contributed by atoms with E-state index in [-0.39, 0.29) is 5.04 Å². The molecule has 0 bridgehead atoms. The standard InChI is InChI=1S/C24H33ClN2OSi/c1-24(2,3)29(4,5)23(19-10-13-22(25)26-15-19)21-12-11-20(27-21)14-17-6-8-18(16-28)9-7-17/h6-10,13,15-16,20-21,23,27H,11-12,14H2,1-5H3/t20-,21+,23+/m0/s1. The number of rotatable bonds is 6. The lowest BCUT2D eigenvalue weighted by Crippen LogP contribution is -2.52. The van der Waals surface area contributed by atoms with Crippen molar-refractivity contribution in [1.82, 2.24) is 10.3 Å². The monoisotopic (exact) mass is 428 g/mol. The van der Waals surface area contributed by atoms with Gasteiger partial charge in [-0.05, 0) is 47.0 Å². The molecule has 29 heavy (non-hydrogen) atoms. The Balaban J connectivity index is 1.81. The third kappa shape index (κ3) is 4.99. The number of aldehydes is 1. The van der Waals surface area contributed by atoms with Gasteiger partial charge in [0.15, 0.2) is 0 Å². The third-order valence-electron chi connectivity index (χ3n) is 7.10. The van der Waals surface area contributed by atoms with E-state index in [4.69, 9.17) is 11.6 Å². The molecule has 0 spiro atoms. The summed E-state index contributed by atoms with van der Waals surface area (Å²) in [4.78, 5) is 15.3. The number of aromatic nitrogens is 1. The van der Waals surface area contributed by atoms with E-state index in [1.807, 2.05) is 24.4 Å². The van der Waals surface area contributed by atoms with Crippen molar-refractivity contribution in [2.75, 3.05) is 0 Å². The summed E-state index contributed by atoms with van der Waals surface area (Å²) in [7, 11) is -1.68. The minimum absolute atomic E-state index is 0.279. The fraction of sp³-hybridized carbons (Fsp3) is 0.500. The zero-order valence-electron chi connectivity index (χ0n) is 18.2. The van der Waals surface area contributed by atoms with Crippen LogP contribution in [-0.4, -0.2) is 31.4 Å². The fourth-order valence-corrected chi connectivity index (χ4v) is 7.80. The Morgan fingerprint density at radius 3 is 2.41 bits per heavy atom. The summed E-state index contributed by atoms with van der Waals surface area (Å²) in [5, 5.41) is 4.80. The molecule has 0 saturated carbocycles. The smallest absolute Gasteiger partial charge is 0.150 e. The molecule has 3 rings (SSSR count). The van der Waals surface area contributed by atoms with E-state index in [0.29, 0.717) is 22.8 Å². The zero-order chi connectivity index (χ0) is 21.2. The molecule has 0 amide bonds. The summed E-state index contributed by atoms with van der Waals surface area (Å²) in [5.74, 6) is 0. The highest BCUT2D eigenvalue weighted by molar-refractivity contribution is 6.81. The number of nitrogens with one attached hydrogen (secondary N) is 1. The molecule has 1 aromatic carbocycles. The zero-order valence-corrected chi connectivity index (χ0v) is 20.0. The van der Waals surface area contributed by atoms with Crippen LogP contribution in [0, 0.1) is 0 Å². The molecule has 3 atom stereocenters. The van der Waals surface area contributed by atoms with Crippen LogP contribution in [0.5, 0.6) is 0 Å². The lowest BCUT2D eigenvalue weighted by atomic mass is 10.0. The minimum atomic E-state index is -1.68. The van der Waals surface area contributed by atoms with Crippen LogP contribution >= 0.6 is 11.6 Å². The lowest BCUT2D eigenvalue weighted by molar-refractivity contribution is 0.112. The predicted octanol–water partition coefficient (Wildman–Crippen LogP) is 6.04. The predicted molar refractivity (Wildman–Crippen MR) is 125 cm³/mol. The minimum Gasteiger partial charge on any atom is -0.311 e. The topological polar surface area (TPSA) is 42.0 Å². The molecule has 1 saturated heterocycles. The Morgan fingerprint density at radius 2 is 1.86 bits per heavy atom. The van der Waals surface area contributed by atoms with Crippen molar-refractivity contribution in [2.45, 2.75) is 75.8 Å². The van der Waals surface area contributed by atoms with Crippen LogP contribution in [-0.2, 0) is 6.42 Å². The largest absolute Gasteiger partial charge is 0.311 e. The Morgan fingerprint density at radius 1 is 1.17 bits per heavy atom. The van der Waals surface area contributed by atoms with Crippen LogP contribution < -0.4 is 5.32 Å². The highest BCUT2D eigenvalue weighted by atomic mass is 35.5. The average Bonchev–Trinajstić information content (AvgIpc) is 3.11. The quantitative estimate of drug-likeness (QED) is 0.346. The molecule has 3 nitrogen and oxygen atoms in total. The average molecular weight is 429 g/mol. The number of pyridine rings is 1. The first kappa shape index (κ1) is 22.2. The molecule has 1 aromatic heterocycles. The van der Waals surface area contributed by atoms with Gasteiger partial charge in [0.2, 0.25) is 0 Å². The molecule has 2 aromatic rings. The molecule has 1 fully saturated rings. The van der Waals surface area contributed by atoms with Gasteiger partial charge in [-0.25, -0.2) is 4.98 Å². The van der Waals surface area contributed by atoms with E-state index in [1.165, 1.54) is 24.0 Å². The van der Waals surface area contributed by atoms with E-state index in [2.05, 4.69) is 62.4 Å². The molecule has 1 aliphatic rings. The maximum atomic E-state index is 10.9. The van der Waals surface area contributed by atoms with Gasteiger partial charge in [0.25, 0.3) is 0 Å². The second-order valence-corrected chi connectivity index (χ2v) is 15.9. The second-order valence-electron chi connectivity index (χ2n) is 9.97. The molecule has 0 unspecified atom stereocenters. The Bertz CT molecular complexity index is 827. The molecule has 156 valence electrons. The number of carbonyl (C=O) groups is 1. The van der Waals surface area contributed by atoms with Crippen LogP contribution in [0.25, 0.3) is 0 Å². The molecule has 2 heterocycles. The van der Waals surface area contributed by atoms with E-state index >= 15 is 0 Å². The van der Waals surface area contributed by atoms with Gasteiger partial charge >= 0.3 is 0 Å². The maximum Gasteiger partial charge on any atom is 0.150 e. The summed E-state index contributed by atoms with van der Waals surface area (Å²) in [6.07, 6.45) is 6.24. The van der Waals surface area contributed by atoms with Crippen molar-refractivity contribution < 1.29 is 4.79 Å². The van der Waals surface area contributed by atoms with Crippen molar-refractivity contribution in [1.29, 1.82) is 0 Å². The van der Waals surface area contributed by atoms with Crippen LogP contribution in [0.15, 0.2) is 42.6 Å². The fourth-order valence-electron chi connectivity index (χ4n) is 4.48. The van der Waals surface area contributed by atoms with E-state index in [0.717, 1.165) is 18.3 Å². The molecule has 1 aliphatic heterocycles. The van der Waals surface area contributed by atoms with Gasteiger partial charge in [-0.15, -0.1) is 0 Å². The van der Waals surface area contributed by atoms with E-state index in [9.17, 15) is 4.79 Å². The Kier molecular flexibility index (Phi) is 6.66. The van der Waals surface area contributed by atoms with Crippen LogP contribution in [0.1, 0.15) is 60.6 Å². The first-order valence-corrected chi connectivity index (χ1v) is 14.0. The highest BCUT2D eigenvalue weighted by Crippen LogP contribution is 2.47. The lowest BCUT2D eigenvalue weighted by Gasteiger charge is -2.46. The summed E-state index contributed by atoms with van der Waals surface area (Å²) in [6.45, 7) is 12.2. The summed E-state index contributed by atoms with van der Waals surface area (Å²) in [5.41, 5.74) is 3.81. The van der Waals surface area contributed by atoms with Crippen LogP contribution in [0.3, 0.4) is 0 Å². The molecule has 0 aliphatic carbocycles. The Hall–Kier alpha value is -1.49.